The molecule has 2 aromatic rings. The summed E-state index contributed by atoms with van der Waals surface area (Å²) in [7, 11) is 0. The summed E-state index contributed by atoms with van der Waals surface area (Å²) in [5.74, 6) is -0.945. The highest BCUT2D eigenvalue weighted by molar-refractivity contribution is 9.10. The number of anilines is 1. The smallest absolute Gasteiger partial charge is 0.338 e. The molecule has 2 rings (SSSR count). The van der Waals surface area contributed by atoms with Crippen LogP contribution in [-0.2, 0) is 6.42 Å². The molecule has 0 radical (unpaired) electrons. The maximum absolute atomic E-state index is 11.2. The molecule has 2 N–H and O–H groups in total. The number of hydrogen-bond donors (Lipinski definition) is 2. The molecule has 1 aromatic heterocycles. The molecule has 98 valence electrons. The SMILES string of the molecule is O=C(O)c1c(Br)cccc1NCCc1ccncc1. The van der Waals surface area contributed by atoms with Gasteiger partial charge in [-0.25, -0.2) is 4.79 Å². The number of aromatic carboxylic acids is 1. The Balaban J connectivity index is 2.04. The molecule has 19 heavy (non-hydrogen) atoms. The standard InChI is InChI=1S/C14H13BrN2O2/c15-11-2-1-3-12(13(11)14(18)19)17-9-6-10-4-7-16-8-5-10/h1-5,7-8,17H,6,9H2,(H,18,19). The number of nitrogens with zero attached hydrogens (tertiary/aromatic N) is 1. The molecule has 0 saturated heterocycles. The zero-order valence-electron chi connectivity index (χ0n) is 10.1. The topological polar surface area (TPSA) is 62.2 Å². The Morgan fingerprint density at radius 1 is 1.26 bits per heavy atom. The molecule has 0 saturated carbocycles. The largest absolute Gasteiger partial charge is 0.478 e. The van der Waals surface area contributed by atoms with Crippen LogP contribution in [0, 0.1) is 0 Å². The van der Waals surface area contributed by atoms with E-state index in [1.165, 1.54) is 0 Å². The van der Waals surface area contributed by atoms with E-state index in [9.17, 15) is 9.90 Å². The van der Waals surface area contributed by atoms with Crippen molar-refractivity contribution >= 4 is 27.6 Å². The quantitative estimate of drug-likeness (QED) is 0.888. The molecule has 4 nitrogen and oxygen atoms in total. The van der Waals surface area contributed by atoms with Crippen LogP contribution in [0.25, 0.3) is 0 Å². The Labute approximate surface area is 119 Å². The maximum atomic E-state index is 11.2. The summed E-state index contributed by atoms with van der Waals surface area (Å²) in [6.45, 7) is 0.667. The van der Waals surface area contributed by atoms with Crippen LogP contribution in [0.2, 0.25) is 0 Å². The molecule has 0 fully saturated rings. The molecule has 5 heteroatoms. The first-order valence-electron chi connectivity index (χ1n) is 5.83. The maximum Gasteiger partial charge on any atom is 0.338 e. The molecule has 0 spiro atoms. The van der Waals surface area contributed by atoms with Crippen molar-refractivity contribution in [1.29, 1.82) is 0 Å². The lowest BCUT2D eigenvalue weighted by atomic mass is 10.1. The zero-order chi connectivity index (χ0) is 13.7. The molecule has 0 amide bonds. The van der Waals surface area contributed by atoms with Gasteiger partial charge in [0, 0.05) is 29.1 Å². The van der Waals surface area contributed by atoms with Gasteiger partial charge in [-0.2, -0.15) is 0 Å². The molecule has 1 aromatic carbocycles. The zero-order valence-corrected chi connectivity index (χ0v) is 11.7. The van der Waals surface area contributed by atoms with Crippen LogP contribution < -0.4 is 5.32 Å². The molecule has 0 bridgehead atoms. The third kappa shape index (κ3) is 3.54. The average Bonchev–Trinajstić information content (AvgIpc) is 2.39. The Morgan fingerprint density at radius 3 is 2.68 bits per heavy atom. The van der Waals surface area contributed by atoms with Gasteiger partial charge in [-0.05, 0) is 52.2 Å². The van der Waals surface area contributed by atoms with Gasteiger partial charge in [-0.3, -0.25) is 4.98 Å². The Kier molecular flexibility index (Phi) is 4.52. The number of carbonyl (C=O) groups is 1. The highest BCUT2D eigenvalue weighted by Gasteiger charge is 2.13. The summed E-state index contributed by atoms with van der Waals surface area (Å²) in [5.41, 5.74) is 2.04. The van der Waals surface area contributed by atoms with Crippen molar-refractivity contribution in [3.8, 4) is 0 Å². The minimum Gasteiger partial charge on any atom is -0.478 e. The third-order valence-electron chi connectivity index (χ3n) is 2.71. The van der Waals surface area contributed by atoms with E-state index in [2.05, 4.69) is 26.2 Å². The van der Waals surface area contributed by atoms with Crippen molar-refractivity contribution in [2.75, 3.05) is 11.9 Å². The van der Waals surface area contributed by atoms with Gasteiger partial charge in [0.2, 0.25) is 0 Å². The number of rotatable bonds is 5. The number of carboxylic acid groups (broad SMARTS) is 1. The van der Waals surface area contributed by atoms with Crippen LogP contribution in [0.1, 0.15) is 15.9 Å². The molecular formula is C14H13BrN2O2. The average molecular weight is 321 g/mol. The number of pyridine rings is 1. The van der Waals surface area contributed by atoms with Crippen LogP contribution in [-0.4, -0.2) is 22.6 Å². The van der Waals surface area contributed by atoms with Gasteiger partial charge in [-0.1, -0.05) is 6.07 Å². The monoisotopic (exact) mass is 320 g/mol. The minimum absolute atomic E-state index is 0.261. The van der Waals surface area contributed by atoms with Gasteiger partial charge >= 0.3 is 5.97 Å². The number of nitrogens with one attached hydrogen (secondary N) is 1. The van der Waals surface area contributed by atoms with Crippen molar-refractivity contribution in [2.45, 2.75) is 6.42 Å². The summed E-state index contributed by atoms with van der Waals surface area (Å²) in [6, 6.07) is 9.19. The van der Waals surface area contributed by atoms with Gasteiger partial charge in [0.1, 0.15) is 0 Å². The van der Waals surface area contributed by atoms with Gasteiger partial charge < -0.3 is 10.4 Å². The van der Waals surface area contributed by atoms with Crippen LogP contribution in [0.3, 0.4) is 0 Å². The third-order valence-corrected chi connectivity index (χ3v) is 3.37. The van der Waals surface area contributed by atoms with Crippen molar-refractivity contribution < 1.29 is 9.90 Å². The first-order valence-corrected chi connectivity index (χ1v) is 6.62. The summed E-state index contributed by atoms with van der Waals surface area (Å²) < 4.78 is 0.578. The van der Waals surface area contributed by atoms with Crippen LogP contribution in [0.15, 0.2) is 47.2 Å². The fourth-order valence-corrected chi connectivity index (χ4v) is 2.32. The summed E-state index contributed by atoms with van der Waals surface area (Å²) in [6.07, 6.45) is 4.31. The molecule has 0 aliphatic carbocycles. The Hall–Kier alpha value is -1.88. The van der Waals surface area contributed by atoms with E-state index in [-0.39, 0.29) is 5.56 Å². The number of aromatic nitrogens is 1. The van der Waals surface area contributed by atoms with Crippen LogP contribution in [0.5, 0.6) is 0 Å². The van der Waals surface area contributed by atoms with Gasteiger partial charge in [-0.15, -0.1) is 0 Å². The summed E-state index contributed by atoms with van der Waals surface area (Å²) in [5, 5.41) is 12.3. The second-order valence-corrected chi connectivity index (χ2v) is 4.85. The van der Waals surface area contributed by atoms with Crippen molar-refractivity contribution in [1.82, 2.24) is 4.98 Å². The second-order valence-electron chi connectivity index (χ2n) is 4.00. The van der Waals surface area contributed by atoms with E-state index in [1.54, 1.807) is 24.5 Å². The number of carboxylic acids is 1. The van der Waals surface area contributed by atoms with Crippen molar-refractivity contribution in [2.24, 2.45) is 0 Å². The highest BCUT2D eigenvalue weighted by Crippen LogP contribution is 2.24. The lowest BCUT2D eigenvalue weighted by Crippen LogP contribution is -2.10. The first-order chi connectivity index (χ1) is 9.18. The Morgan fingerprint density at radius 2 is 2.00 bits per heavy atom. The van der Waals surface area contributed by atoms with Gasteiger partial charge in [0.05, 0.1) is 5.56 Å². The molecule has 0 atom stereocenters. The molecular weight excluding hydrogens is 308 g/mol. The van der Waals surface area contributed by atoms with Crippen molar-refractivity contribution in [3.05, 3.63) is 58.3 Å². The van der Waals surface area contributed by atoms with Gasteiger partial charge in [0.25, 0.3) is 0 Å². The molecule has 0 aliphatic rings. The Bertz CT molecular complexity index is 573. The van der Waals surface area contributed by atoms with E-state index in [4.69, 9.17) is 0 Å². The van der Waals surface area contributed by atoms with E-state index in [1.807, 2.05) is 18.2 Å². The normalized spacial score (nSPS) is 10.2. The first kappa shape index (κ1) is 13.5. The number of hydrogen-bond acceptors (Lipinski definition) is 3. The van der Waals surface area contributed by atoms with E-state index >= 15 is 0 Å². The van der Waals surface area contributed by atoms with E-state index < -0.39 is 5.97 Å². The molecule has 0 aliphatic heterocycles. The van der Waals surface area contributed by atoms with Crippen LogP contribution in [0.4, 0.5) is 5.69 Å². The lowest BCUT2D eigenvalue weighted by molar-refractivity contribution is 0.0697. The fraction of sp³-hybridized carbons (Fsp3) is 0.143. The number of halogens is 1. The molecule has 1 heterocycles. The minimum atomic E-state index is -0.945. The molecule has 0 unspecified atom stereocenters. The fourth-order valence-electron chi connectivity index (χ4n) is 1.78. The second kappa shape index (κ2) is 6.33. The van der Waals surface area contributed by atoms with Crippen LogP contribution >= 0.6 is 15.9 Å². The summed E-state index contributed by atoms with van der Waals surface area (Å²) in [4.78, 5) is 15.2. The number of benzene rings is 1. The van der Waals surface area contributed by atoms with E-state index in [0.717, 1.165) is 12.0 Å². The van der Waals surface area contributed by atoms with E-state index in [0.29, 0.717) is 16.7 Å². The highest BCUT2D eigenvalue weighted by atomic mass is 79.9. The van der Waals surface area contributed by atoms with Crippen molar-refractivity contribution in [3.63, 3.8) is 0 Å². The lowest BCUT2D eigenvalue weighted by Gasteiger charge is -2.10. The summed E-state index contributed by atoms with van der Waals surface area (Å²) >= 11 is 3.26. The predicted molar refractivity (Wildman–Crippen MR) is 77.5 cm³/mol. The predicted octanol–water partition coefficient (Wildman–Crippen LogP) is 3.20. The van der Waals surface area contributed by atoms with Gasteiger partial charge in [0.15, 0.2) is 0 Å².